The molecule has 0 aromatic heterocycles. The summed E-state index contributed by atoms with van der Waals surface area (Å²) in [4.78, 5) is 11.9. The van der Waals surface area contributed by atoms with Gasteiger partial charge in [-0.2, -0.15) is 0 Å². The zero-order valence-electron chi connectivity index (χ0n) is 12.4. The molecule has 0 bridgehead atoms. The van der Waals surface area contributed by atoms with Crippen molar-refractivity contribution in [1.82, 2.24) is 0 Å². The molecule has 22 heavy (non-hydrogen) atoms. The van der Waals surface area contributed by atoms with Crippen LogP contribution in [0.4, 0.5) is 5.69 Å². The van der Waals surface area contributed by atoms with Gasteiger partial charge in [0.2, 0.25) is 0 Å². The van der Waals surface area contributed by atoms with Crippen LogP contribution in [0.15, 0.2) is 46.9 Å². The van der Waals surface area contributed by atoms with Gasteiger partial charge in [0.25, 0.3) is 5.91 Å². The summed E-state index contributed by atoms with van der Waals surface area (Å²) in [7, 11) is 0. The smallest absolute Gasteiger partial charge is 0.262 e. The Balaban J connectivity index is 1.92. The van der Waals surface area contributed by atoms with Crippen molar-refractivity contribution in [2.75, 3.05) is 11.9 Å². The van der Waals surface area contributed by atoms with Gasteiger partial charge in [-0.25, -0.2) is 0 Å². The fourth-order valence-corrected chi connectivity index (χ4v) is 2.50. The number of carbonyl (C=O) groups is 1. The Morgan fingerprint density at radius 2 is 1.91 bits per heavy atom. The highest BCUT2D eigenvalue weighted by molar-refractivity contribution is 9.10. The molecule has 0 radical (unpaired) electrons. The molecule has 0 saturated heterocycles. The van der Waals surface area contributed by atoms with Gasteiger partial charge in [-0.15, -0.1) is 0 Å². The minimum atomic E-state index is -0.220. The molecule has 0 unspecified atom stereocenters. The van der Waals surface area contributed by atoms with Crippen molar-refractivity contribution in [3.63, 3.8) is 0 Å². The van der Waals surface area contributed by atoms with Gasteiger partial charge < -0.3 is 10.1 Å². The Labute approximate surface area is 143 Å². The van der Waals surface area contributed by atoms with Crippen LogP contribution in [0.2, 0.25) is 5.02 Å². The number of nitrogens with one attached hydrogen (secondary N) is 1. The average molecular weight is 383 g/mol. The normalized spacial score (nSPS) is 10.6. The van der Waals surface area contributed by atoms with Crippen LogP contribution < -0.4 is 10.1 Å². The standard InChI is InChI=1S/C17H17BrClNO2/c1-11(2)12-3-8-16(15(18)9-12)22-10-17(21)20-14-6-4-13(19)5-7-14/h3-9,11H,10H2,1-2H3,(H,20,21). The van der Waals surface area contributed by atoms with E-state index < -0.39 is 0 Å². The summed E-state index contributed by atoms with van der Waals surface area (Å²) in [5.74, 6) is 0.872. The lowest BCUT2D eigenvalue weighted by molar-refractivity contribution is -0.118. The first kappa shape index (κ1) is 16.8. The molecule has 2 aromatic carbocycles. The maximum absolute atomic E-state index is 11.9. The zero-order valence-corrected chi connectivity index (χ0v) is 14.7. The third kappa shape index (κ3) is 4.75. The molecule has 0 aliphatic rings. The number of carbonyl (C=O) groups excluding carboxylic acids is 1. The van der Waals surface area contributed by atoms with Crippen LogP contribution in [0.3, 0.4) is 0 Å². The van der Waals surface area contributed by atoms with Gasteiger partial charge in [0.15, 0.2) is 6.61 Å². The summed E-state index contributed by atoms with van der Waals surface area (Å²) in [6.45, 7) is 4.20. The van der Waals surface area contributed by atoms with Crippen molar-refractivity contribution in [2.24, 2.45) is 0 Å². The molecule has 3 nitrogen and oxygen atoms in total. The fraction of sp³-hybridized carbons (Fsp3) is 0.235. The van der Waals surface area contributed by atoms with E-state index in [1.807, 2.05) is 18.2 Å². The quantitative estimate of drug-likeness (QED) is 0.767. The Kier molecular flexibility index (Phi) is 5.86. The van der Waals surface area contributed by atoms with Crippen molar-refractivity contribution in [3.05, 3.63) is 57.5 Å². The summed E-state index contributed by atoms with van der Waals surface area (Å²) >= 11 is 9.27. The van der Waals surface area contributed by atoms with Crippen LogP contribution in [-0.4, -0.2) is 12.5 Å². The van der Waals surface area contributed by atoms with Crippen LogP contribution in [0, 0.1) is 0 Å². The first-order chi connectivity index (χ1) is 10.5. The van der Waals surface area contributed by atoms with Crippen LogP contribution in [0.25, 0.3) is 0 Å². The van der Waals surface area contributed by atoms with E-state index in [2.05, 4.69) is 35.1 Å². The van der Waals surface area contributed by atoms with E-state index in [9.17, 15) is 4.79 Å². The highest BCUT2D eigenvalue weighted by atomic mass is 79.9. The molecule has 0 saturated carbocycles. The van der Waals surface area contributed by atoms with Gasteiger partial charge in [0, 0.05) is 10.7 Å². The van der Waals surface area contributed by atoms with Gasteiger partial charge in [-0.3, -0.25) is 4.79 Å². The Morgan fingerprint density at radius 3 is 2.50 bits per heavy atom. The second-order valence-corrected chi connectivity index (χ2v) is 6.48. The SMILES string of the molecule is CC(C)c1ccc(OCC(=O)Nc2ccc(Cl)cc2)c(Br)c1. The first-order valence-electron chi connectivity index (χ1n) is 6.93. The maximum Gasteiger partial charge on any atom is 0.262 e. The second-order valence-electron chi connectivity index (χ2n) is 5.19. The molecular formula is C17H17BrClNO2. The number of hydrogen-bond acceptors (Lipinski definition) is 2. The molecule has 0 aliphatic carbocycles. The molecule has 0 heterocycles. The fourth-order valence-electron chi connectivity index (χ4n) is 1.87. The summed E-state index contributed by atoms with van der Waals surface area (Å²) in [5.41, 5.74) is 1.90. The molecule has 1 amide bonds. The predicted molar refractivity (Wildman–Crippen MR) is 93.8 cm³/mol. The molecule has 0 atom stereocenters. The van der Waals surface area contributed by atoms with Crippen LogP contribution in [-0.2, 0) is 4.79 Å². The number of hydrogen-bond donors (Lipinski definition) is 1. The molecule has 5 heteroatoms. The monoisotopic (exact) mass is 381 g/mol. The Hall–Kier alpha value is -1.52. The van der Waals surface area contributed by atoms with Crippen LogP contribution in [0.5, 0.6) is 5.75 Å². The summed E-state index contributed by atoms with van der Waals surface area (Å²) < 4.78 is 6.39. The van der Waals surface area contributed by atoms with E-state index >= 15 is 0 Å². The lowest BCUT2D eigenvalue weighted by atomic mass is 10.0. The lowest BCUT2D eigenvalue weighted by Gasteiger charge is -2.11. The van der Waals surface area contributed by atoms with Gasteiger partial charge in [-0.1, -0.05) is 31.5 Å². The van der Waals surface area contributed by atoms with Crippen molar-refractivity contribution in [1.29, 1.82) is 0 Å². The molecule has 1 N–H and O–H groups in total. The van der Waals surface area contributed by atoms with Gasteiger partial charge in [0.05, 0.1) is 4.47 Å². The number of amides is 1. The molecule has 0 aliphatic heterocycles. The van der Waals surface area contributed by atoms with Crippen LogP contribution >= 0.6 is 27.5 Å². The highest BCUT2D eigenvalue weighted by Crippen LogP contribution is 2.28. The molecule has 2 rings (SSSR count). The third-order valence-electron chi connectivity index (χ3n) is 3.11. The van der Waals surface area contributed by atoms with Crippen molar-refractivity contribution in [3.8, 4) is 5.75 Å². The van der Waals surface area contributed by atoms with Crippen molar-refractivity contribution in [2.45, 2.75) is 19.8 Å². The summed E-state index contributed by atoms with van der Waals surface area (Å²) in [5, 5.41) is 3.38. The second kappa shape index (κ2) is 7.65. The molecule has 116 valence electrons. The largest absolute Gasteiger partial charge is 0.483 e. The van der Waals surface area contributed by atoms with E-state index in [-0.39, 0.29) is 12.5 Å². The number of halogens is 2. The maximum atomic E-state index is 11.9. The average Bonchev–Trinajstić information content (AvgIpc) is 2.48. The van der Waals surface area contributed by atoms with Crippen molar-refractivity contribution >= 4 is 39.1 Å². The van der Waals surface area contributed by atoms with Gasteiger partial charge >= 0.3 is 0 Å². The summed E-state index contributed by atoms with van der Waals surface area (Å²) in [6.07, 6.45) is 0. The van der Waals surface area contributed by atoms with E-state index in [0.717, 1.165) is 4.47 Å². The molecule has 0 spiro atoms. The minimum absolute atomic E-state index is 0.0533. The number of anilines is 1. The molecular weight excluding hydrogens is 366 g/mol. The number of ether oxygens (including phenoxy) is 1. The van der Waals surface area contributed by atoms with Crippen molar-refractivity contribution < 1.29 is 9.53 Å². The zero-order chi connectivity index (χ0) is 16.1. The topological polar surface area (TPSA) is 38.3 Å². The van der Waals surface area contributed by atoms with E-state index in [4.69, 9.17) is 16.3 Å². The number of benzene rings is 2. The van der Waals surface area contributed by atoms with E-state index in [1.165, 1.54) is 5.56 Å². The van der Waals surface area contributed by atoms with E-state index in [1.54, 1.807) is 24.3 Å². The number of rotatable bonds is 5. The summed E-state index contributed by atoms with van der Waals surface area (Å²) in [6, 6.07) is 12.8. The predicted octanol–water partition coefficient (Wildman–Crippen LogP) is 5.24. The van der Waals surface area contributed by atoms with Gasteiger partial charge in [-0.05, 0) is 63.8 Å². The van der Waals surface area contributed by atoms with E-state index in [0.29, 0.717) is 22.4 Å². The van der Waals surface area contributed by atoms with Crippen LogP contribution in [0.1, 0.15) is 25.3 Å². The highest BCUT2D eigenvalue weighted by Gasteiger charge is 2.08. The Bertz CT molecular complexity index is 656. The molecule has 0 fully saturated rings. The Morgan fingerprint density at radius 1 is 1.23 bits per heavy atom. The molecule has 2 aromatic rings. The van der Waals surface area contributed by atoms with Gasteiger partial charge in [0.1, 0.15) is 5.75 Å². The third-order valence-corrected chi connectivity index (χ3v) is 3.98. The minimum Gasteiger partial charge on any atom is -0.483 e. The lowest BCUT2D eigenvalue weighted by Crippen LogP contribution is -2.20. The first-order valence-corrected chi connectivity index (χ1v) is 8.10.